The SMILES string of the molecule is CCCCCCCCCCC(O)[Si](c1ccccc1)(c1ccccc1)c1ccccc1. The van der Waals surface area contributed by atoms with Gasteiger partial charge in [0.05, 0.1) is 5.73 Å². The molecule has 0 saturated carbocycles. The van der Waals surface area contributed by atoms with Crippen molar-refractivity contribution in [3.05, 3.63) is 91.0 Å². The molecule has 0 aliphatic rings. The molecule has 0 fully saturated rings. The van der Waals surface area contributed by atoms with Crippen LogP contribution in [0.25, 0.3) is 0 Å². The van der Waals surface area contributed by atoms with Crippen LogP contribution in [0.1, 0.15) is 64.7 Å². The first-order valence-corrected chi connectivity index (χ1v) is 14.2. The van der Waals surface area contributed by atoms with Crippen LogP contribution in [0.15, 0.2) is 91.0 Å². The molecule has 0 amide bonds. The molecule has 164 valence electrons. The van der Waals surface area contributed by atoms with E-state index in [9.17, 15) is 5.11 Å². The van der Waals surface area contributed by atoms with Crippen LogP contribution in [0, 0.1) is 0 Å². The fourth-order valence-electron chi connectivity index (χ4n) is 4.87. The molecule has 3 aromatic carbocycles. The van der Waals surface area contributed by atoms with Gasteiger partial charge in [-0.15, -0.1) is 0 Å². The zero-order valence-corrected chi connectivity index (χ0v) is 20.0. The predicted octanol–water partition coefficient (Wildman–Crippen LogP) is 5.59. The van der Waals surface area contributed by atoms with Crippen LogP contribution in [0.4, 0.5) is 0 Å². The molecular formula is C29H38OSi. The number of unbranched alkanes of at least 4 members (excludes halogenated alkanes) is 7. The van der Waals surface area contributed by atoms with Gasteiger partial charge in [0.25, 0.3) is 0 Å². The van der Waals surface area contributed by atoms with Gasteiger partial charge in [-0.2, -0.15) is 0 Å². The molecule has 0 heterocycles. The van der Waals surface area contributed by atoms with Crippen molar-refractivity contribution >= 4 is 23.6 Å². The zero-order chi connectivity index (χ0) is 21.8. The summed E-state index contributed by atoms with van der Waals surface area (Å²) < 4.78 is 0. The Hall–Kier alpha value is -2.16. The maximum Gasteiger partial charge on any atom is 0.178 e. The molecule has 0 spiro atoms. The first kappa shape index (κ1) is 23.5. The Labute approximate surface area is 190 Å². The summed E-state index contributed by atoms with van der Waals surface area (Å²) >= 11 is 0. The van der Waals surface area contributed by atoms with Crippen molar-refractivity contribution in [1.82, 2.24) is 0 Å². The maximum atomic E-state index is 11.9. The molecular weight excluding hydrogens is 392 g/mol. The van der Waals surface area contributed by atoms with E-state index in [1.165, 1.54) is 60.5 Å². The molecule has 0 radical (unpaired) electrons. The Kier molecular flexibility index (Phi) is 9.58. The second-order valence-corrected chi connectivity index (χ2v) is 12.7. The van der Waals surface area contributed by atoms with Crippen molar-refractivity contribution < 1.29 is 5.11 Å². The van der Waals surface area contributed by atoms with E-state index in [2.05, 4.69) is 97.9 Å². The fourth-order valence-corrected chi connectivity index (χ4v) is 9.81. The number of hydrogen-bond donors (Lipinski definition) is 1. The lowest BCUT2D eigenvalue weighted by Gasteiger charge is -2.38. The molecule has 0 bridgehead atoms. The summed E-state index contributed by atoms with van der Waals surface area (Å²) in [4.78, 5) is 0. The Balaban J connectivity index is 1.84. The topological polar surface area (TPSA) is 20.2 Å². The highest BCUT2D eigenvalue weighted by Crippen LogP contribution is 2.18. The summed E-state index contributed by atoms with van der Waals surface area (Å²) in [6.45, 7) is 2.27. The van der Waals surface area contributed by atoms with Crippen LogP contribution in [-0.4, -0.2) is 18.9 Å². The number of aliphatic hydroxyl groups is 1. The van der Waals surface area contributed by atoms with Crippen LogP contribution >= 0.6 is 0 Å². The van der Waals surface area contributed by atoms with Crippen LogP contribution in [0.2, 0.25) is 0 Å². The highest BCUT2D eigenvalue weighted by atomic mass is 28.3. The van der Waals surface area contributed by atoms with Gasteiger partial charge >= 0.3 is 0 Å². The van der Waals surface area contributed by atoms with Crippen molar-refractivity contribution in [2.75, 3.05) is 0 Å². The molecule has 0 aliphatic carbocycles. The highest BCUT2D eigenvalue weighted by molar-refractivity contribution is 7.12. The lowest BCUT2D eigenvalue weighted by molar-refractivity contribution is 0.232. The predicted molar refractivity (Wildman–Crippen MR) is 137 cm³/mol. The highest BCUT2D eigenvalue weighted by Gasteiger charge is 2.45. The monoisotopic (exact) mass is 430 g/mol. The van der Waals surface area contributed by atoms with Crippen molar-refractivity contribution in [3.63, 3.8) is 0 Å². The summed E-state index contributed by atoms with van der Waals surface area (Å²) in [5.74, 6) is 0. The number of aliphatic hydroxyl groups excluding tert-OH is 1. The molecule has 0 saturated heterocycles. The van der Waals surface area contributed by atoms with Gasteiger partial charge in [0.2, 0.25) is 0 Å². The van der Waals surface area contributed by atoms with Crippen molar-refractivity contribution in [1.29, 1.82) is 0 Å². The third kappa shape index (κ3) is 5.96. The first-order chi connectivity index (χ1) is 15.3. The van der Waals surface area contributed by atoms with E-state index in [0.717, 1.165) is 12.8 Å². The molecule has 1 atom stereocenters. The summed E-state index contributed by atoms with van der Waals surface area (Å²) in [5, 5.41) is 15.7. The van der Waals surface area contributed by atoms with E-state index >= 15 is 0 Å². The van der Waals surface area contributed by atoms with Crippen molar-refractivity contribution in [2.24, 2.45) is 0 Å². The molecule has 1 N–H and O–H groups in total. The van der Waals surface area contributed by atoms with Gasteiger partial charge < -0.3 is 5.11 Å². The smallest absolute Gasteiger partial charge is 0.178 e. The lowest BCUT2D eigenvalue weighted by Crippen LogP contribution is -2.74. The normalized spacial score (nSPS) is 12.6. The van der Waals surface area contributed by atoms with Crippen LogP contribution in [0.5, 0.6) is 0 Å². The van der Waals surface area contributed by atoms with Gasteiger partial charge in [-0.25, -0.2) is 0 Å². The minimum atomic E-state index is -2.56. The molecule has 3 rings (SSSR count). The third-order valence-corrected chi connectivity index (χ3v) is 11.5. The summed E-state index contributed by atoms with van der Waals surface area (Å²) in [6, 6.07) is 32.3. The molecule has 0 aromatic heterocycles. The van der Waals surface area contributed by atoms with Crippen molar-refractivity contribution in [2.45, 2.75) is 70.4 Å². The van der Waals surface area contributed by atoms with E-state index in [4.69, 9.17) is 0 Å². The quantitative estimate of drug-likeness (QED) is 0.213. The minimum Gasteiger partial charge on any atom is -0.395 e. The third-order valence-electron chi connectivity index (χ3n) is 6.52. The summed E-state index contributed by atoms with van der Waals surface area (Å²) in [7, 11) is -2.56. The second-order valence-electron chi connectivity index (χ2n) is 8.69. The fraction of sp³-hybridized carbons (Fsp3) is 0.379. The Morgan fingerprint density at radius 2 is 0.903 bits per heavy atom. The Morgan fingerprint density at radius 1 is 0.548 bits per heavy atom. The molecule has 0 aliphatic heterocycles. The standard InChI is InChI=1S/C29H38OSi/c1-2-3-4-5-6-7-8-18-25-29(30)31(26-19-12-9-13-20-26,27-21-14-10-15-22-27)28-23-16-11-17-24-28/h9-17,19-24,29-30H,2-8,18,25H2,1H3. The van der Waals surface area contributed by atoms with Gasteiger partial charge in [-0.05, 0) is 22.0 Å². The Bertz CT molecular complexity index is 751. The van der Waals surface area contributed by atoms with Gasteiger partial charge in [0, 0.05) is 0 Å². The maximum absolute atomic E-state index is 11.9. The van der Waals surface area contributed by atoms with Gasteiger partial charge in [-0.3, -0.25) is 0 Å². The molecule has 3 aromatic rings. The number of rotatable bonds is 13. The van der Waals surface area contributed by atoms with E-state index in [1.807, 2.05) is 0 Å². The van der Waals surface area contributed by atoms with Crippen LogP contribution < -0.4 is 15.6 Å². The average Bonchev–Trinajstić information content (AvgIpc) is 2.83. The van der Waals surface area contributed by atoms with Gasteiger partial charge in [0.15, 0.2) is 8.07 Å². The van der Waals surface area contributed by atoms with Gasteiger partial charge in [-0.1, -0.05) is 149 Å². The first-order valence-electron chi connectivity index (χ1n) is 12.1. The molecule has 2 heteroatoms. The lowest BCUT2D eigenvalue weighted by atomic mass is 10.1. The van der Waals surface area contributed by atoms with Gasteiger partial charge in [0.1, 0.15) is 0 Å². The molecule has 31 heavy (non-hydrogen) atoms. The summed E-state index contributed by atoms with van der Waals surface area (Å²) in [6.07, 6.45) is 11.2. The van der Waals surface area contributed by atoms with E-state index in [-0.39, 0.29) is 5.73 Å². The van der Waals surface area contributed by atoms with E-state index in [0.29, 0.717) is 0 Å². The zero-order valence-electron chi connectivity index (χ0n) is 19.0. The largest absolute Gasteiger partial charge is 0.395 e. The number of benzene rings is 3. The van der Waals surface area contributed by atoms with Crippen LogP contribution in [0.3, 0.4) is 0 Å². The van der Waals surface area contributed by atoms with E-state index in [1.54, 1.807) is 0 Å². The molecule has 1 unspecified atom stereocenters. The average molecular weight is 431 g/mol. The minimum absolute atomic E-state index is 0.347. The van der Waals surface area contributed by atoms with Crippen LogP contribution in [-0.2, 0) is 0 Å². The number of hydrogen-bond acceptors (Lipinski definition) is 1. The van der Waals surface area contributed by atoms with Crippen molar-refractivity contribution in [3.8, 4) is 0 Å². The van der Waals surface area contributed by atoms with E-state index < -0.39 is 8.07 Å². The Morgan fingerprint density at radius 3 is 1.29 bits per heavy atom. The summed E-state index contributed by atoms with van der Waals surface area (Å²) in [5.41, 5.74) is -0.347. The molecule has 1 nitrogen and oxygen atoms in total. The second kappa shape index (κ2) is 12.6.